The molecule has 18 heavy (non-hydrogen) atoms. The van der Waals surface area contributed by atoms with E-state index in [2.05, 4.69) is 11.2 Å². The molecule has 0 bridgehead atoms. The van der Waals surface area contributed by atoms with Crippen LogP contribution in [0.1, 0.15) is 26.2 Å². The topological polar surface area (TPSA) is 84.6 Å². The number of aliphatic hydroxyl groups is 1. The summed E-state index contributed by atoms with van der Waals surface area (Å²) in [5.41, 5.74) is 6.82. The summed E-state index contributed by atoms with van der Waals surface area (Å²) in [7, 11) is 0. The Hall–Kier alpha value is -1.51. The molecule has 0 fully saturated rings. The highest BCUT2D eigenvalue weighted by Crippen LogP contribution is 2.26. The molecule has 100 valence electrons. The van der Waals surface area contributed by atoms with E-state index in [4.69, 9.17) is 16.9 Å². The molecule has 1 aliphatic carbocycles. The minimum atomic E-state index is -0.633. The molecule has 4 N–H and O–H groups in total. The second-order valence-electron chi connectivity index (χ2n) is 4.36. The van der Waals surface area contributed by atoms with E-state index in [0.29, 0.717) is 37.9 Å². The van der Waals surface area contributed by atoms with Crippen molar-refractivity contribution in [2.75, 3.05) is 13.1 Å². The highest BCUT2D eigenvalue weighted by atomic mass is 16.6. The lowest BCUT2D eigenvalue weighted by atomic mass is 9.89. The third-order valence-corrected chi connectivity index (χ3v) is 2.99. The summed E-state index contributed by atoms with van der Waals surface area (Å²) < 4.78 is 5.21. The Labute approximate surface area is 107 Å². The van der Waals surface area contributed by atoms with Crippen LogP contribution < -0.4 is 11.1 Å². The Kier molecular flexibility index (Phi) is 5.69. The minimum absolute atomic E-state index is 0.368. The first kappa shape index (κ1) is 14.6. The second-order valence-corrected chi connectivity index (χ2v) is 4.36. The quantitative estimate of drug-likeness (QED) is 0.503. The standard InChI is InChI=1S/C13H20N2O3/c1-3-10-7-11(8-12(16)9(10)2)18-13(17)15-6-4-5-14/h1,11-12,16H,4-8,14H2,2H3,(H,15,17)/t11-,12-/m1/s1. The number of terminal acetylenes is 1. The maximum absolute atomic E-state index is 11.4. The van der Waals surface area contributed by atoms with Gasteiger partial charge in [-0.25, -0.2) is 4.79 Å². The number of ether oxygens (including phenoxy) is 1. The molecule has 1 rings (SSSR count). The molecule has 0 saturated carbocycles. The number of carbonyl (C=O) groups excluding carboxylic acids is 1. The maximum Gasteiger partial charge on any atom is 0.407 e. The number of carbonyl (C=O) groups is 1. The van der Waals surface area contributed by atoms with E-state index < -0.39 is 12.2 Å². The molecular weight excluding hydrogens is 232 g/mol. The van der Waals surface area contributed by atoms with Gasteiger partial charge in [-0.3, -0.25) is 0 Å². The molecule has 0 saturated heterocycles. The first-order valence-corrected chi connectivity index (χ1v) is 6.07. The van der Waals surface area contributed by atoms with Crippen molar-refractivity contribution < 1.29 is 14.6 Å². The predicted octanol–water partition coefficient (Wildman–Crippen LogP) is 0.534. The van der Waals surface area contributed by atoms with Crippen LogP contribution in [0, 0.1) is 12.3 Å². The van der Waals surface area contributed by atoms with Gasteiger partial charge in [0, 0.05) is 25.0 Å². The molecule has 0 aliphatic heterocycles. The van der Waals surface area contributed by atoms with Gasteiger partial charge in [0.1, 0.15) is 6.10 Å². The molecule has 0 aromatic rings. The number of hydrogen-bond acceptors (Lipinski definition) is 4. The van der Waals surface area contributed by atoms with Crippen LogP contribution in [0.2, 0.25) is 0 Å². The normalized spacial score (nSPS) is 23.4. The van der Waals surface area contributed by atoms with Gasteiger partial charge in [0.2, 0.25) is 0 Å². The summed E-state index contributed by atoms with van der Waals surface area (Å²) in [5, 5.41) is 12.4. The van der Waals surface area contributed by atoms with Crippen molar-refractivity contribution in [3.05, 3.63) is 11.1 Å². The largest absolute Gasteiger partial charge is 0.446 e. The monoisotopic (exact) mass is 252 g/mol. The number of hydrogen-bond donors (Lipinski definition) is 3. The van der Waals surface area contributed by atoms with E-state index in [-0.39, 0.29) is 6.10 Å². The molecule has 0 spiro atoms. The Balaban J connectivity index is 2.46. The van der Waals surface area contributed by atoms with Crippen molar-refractivity contribution in [3.63, 3.8) is 0 Å². The third-order valence-electron chi connectivity index (χ3n) is 2.99. The van der Waals surface area contributed by atoms with Crippen LogP contribution in [-0.4, -0.2) is 36.5 Å². The molecule has 5 nitrogen and oxygen atoms in total. The highest BCUT2D eigenvalue weighted by Gasteiger charge is 2.27. The van der Waals surface area contributed by atoms with Crippen molar-refractivity contribution in [2.24, 2.45) is 5.73 Å². The fraction of sp³-hybridized carbons (Fsp3) is 0.615. The summed E-state index contributed by atoms with van der Waals surface area (Å²) in [6.45, 7) is 2.81. The number of amides is 1. The Bertz CT molecular complexity index is 371. The van der Waals surface area contributed by atoms with Crippen LogP contribution in [0.5, 0.6) is 0 Å². The van der Waals surface area contributed by atoms with Crippen LogP contribution in [0.4, 0.5) is 4.79 Å². The zero-order valence-electron chi connectivity index (χ0n) is 10.6. The number of nitrogens with two attached hydrogens (primary N) is 1. The van der Waals surface area contributed by atoms with Gasteiger partial charge in [0.25, 0.3) is 0 Å². The summed E-state index contributed by atoms with van der Waals surface area (Å²) in [5.74, 6) is 2.53. The van der Waals surface area contributed by atoms with E-state index in [1.54, 1.807) is 6.92 Å². The van der Waals surface area contributed by atoms with Crippen LogP contribution in [0.25, 0.3) is 0 Å². The summed E-state index contributed by atoms with van der Waals surface area (Å²) in [6.07, 6.45) is 5.45. The number of nitrogens with one attached hydrogen (secondary N) is 1. The first-order valence-electron chi connectivity index (χ1n) is 6.07. The van der Waals surface area contributed by atoms with Crippen LogP contribution in [0.15, 0.2) is 11.1 Å². The smallest absolute Gasteiger partial charge is 0.407 e. The zero-order chi connectivity index (χ0) is 13.5. The van der Waals surface area contributed by atoms with Crippen molar-refractivity contribution in [3.8, 4) is 12.3 Å². The van der Waals surface area contributed by atoms with Gasteiger partial charge in [0.05, 0.1) is 6.10 Å². The number of rotatable bonds is 4. The minimum Gasteiger partial charge on any atom is -0.446 e. The predicted molar refractivity (Wildman–Crippen MR) is 68.7 cm³/mol. The molecule has 0 unspecified atom stereocenters. The fourth-order valence-electron chi connectivity index (χ4n) is 1.85. The van der Waals surface area contributed by atoms with Crippen LogP contribution >= 0.6 is 0 Å². The Morgan fingerprint density at radius 3 is 3.06 bits per heavy atom. The zero-order valence-corrected chi connectivity index (χ0v) is 10.6. The Morgan fingerprint density at radius 1 is 1.72 bits per heavy atom. The van der Waals surface area contributed by atoms with E-state index in [9.17, 15) is 9.90 Å². The molecule has 0 heterocycles. The SMILES string of the molecule is C#CC1=C(C)[C@H](O)C[C@H](OC(=O)NCCCN)C1. The number of alkyl carbamates (subject to hydrolysis) is 1. The molecular formula is C13H20N2O3. The third kappa shape index (κ3) is 4.06. The van der Waals surface area contributed by atoms with E-state index in [1.807, 2.05) is 0 Å². The van der Waals surface area contributed by atoms with Gasteiger partial charge in [-0.2, -0.15) is 0 Å². The summed E-state index contributed by atoms with van der Waals surface area (Å²) in [4.78, 5) is 11.4. The van der Waals surface area contributed by atoms with Crippen LogP contribution in [0.3, 0.4) is 0 Å². The van der Waals surface area contributed by atoms with Gasteiger partial charge >= 0.3 is 6.09 Å². The van der Waals surface area contributed by atoms with Crippen molar-refractivity contribution in [2.45, 2.75) is 38.4 Å². The van der Waals surface area contributed by atoms with E-state index >= 15 is 0 Å². The summed E-state index contributed by atoms with van der Waals surface area (Å²) >= 11 is 0. The molecule has 1 amide bonds. The lowest BCUT2D eigenvalue weighted by molar-refractivity contribution is 0.0572. The van der Waals surface area contributed by atoms with Crippen molar-refractivity contribution in [1.29, 1.82) is 0 Å². The van der Waals surface area contributed by atoms with E-state index in [0.717, 1.165) is 5.57 Å². The van der Waals surface area contributed by atoms with Crippen LogP contribution in [-0.2, 0) is 4.74 Å². The van der Waals surface area contributed by atoms with Crippen molar-refractivity contribution in [1.82, 2.24) is 5.32 Å². The number of aliphatic hydroxyl groups excluding tert-OH is 1. The molecule has 0 radical (unpaired) electrons. The average Bonchev–Trinajstić information content (AvgIpc) is 2.34. The lowest BCUT2D eigenvalue weighted by Crippen LogP contribution is -2.34. The maximum atomic E-state index is 11.4. The highest BCUT2D eigenvalue weighted by molar-refractivity contribution is 5.67. The van der Waals surface area contributed by atoms with Gasteiger partial charge in [0.15, 0.2) is 0 Å². The molecule has 0 aromatic carbocycles. The first-order chi connectivity index (χ1) is 8.58. The molecule has 2 atom stereocenters. The Morgan fingerprint density at radius 2 is 2.44 bits per heavy atom. The molecule has 5 heteroatoms. The van der Waals surface area contributed by atoms with Gasteiger partial charge in [-0.15, -0.1) is 6.42 Å². The fourth-order valence-corrected chi connectivity index (χ4v) is 1.85. The lowest BCUT2D eigenvalue weighted by Gasteiger charge is -2.27. The molecule has 1 aliphatic rings. The summed E-state index contributed by atoms with van der Waals surface area (Å²) in [6, 6.07) is 0. The van der Waals surface area contributed by atoms with Gasteiger partial charge in [-0.05, 0) is 25.5 Å². The molecule has 0 aromatic heterocycles. The second kappa shape index (κ2) is 7.04. The van der Waals surface area contributed by atoms with Crippen molar-refractivity contribution >= 4 is 6.09 Å². The van der Waals surface area contributed by atoms with Gasteiger partial charge < -0.3 is 20.9 Å². The average molecular weight is 252 g/mol. The van der Waals surface area contributed by atoms with E-state index in [1.165, 1.54) is 0 Å². The van der Waals surface area contributed by atoms with Gasteiger partial charge in [-0.1, -0.05) is 5.92 Å².